The van der Waals surface area contributed by atoms with Crippen LogP contribution < -0.4 is 0 Å². The first kappa shape index (κ1) is 93.3. The average Bonchev–Trinajstić information content (AvgIpc) is 0.793. The van der Waals surface area contributed by atoms with Gasteiger partial charge in [-0.3, -0.25) is 0 Å². The smallest absolute Gasteiger partial charge is 0.186 e. The zero-order valence-electron chi connectivity index (χ0n) is 61.7. The van der Waals surface area contributed by atoms with Gasteiger partial charge in [-0.1, -0.05) is 117 Å². The summed E-state index contributed by atoms with van der Waals surface area (Å²) in [4.78, 5) is 0. The number of ether oxygens (including phenoxy) is 17. The molecule has 0 aromatic carbocycles. The molecule has 25 atom stereocenters. The molecule has 5 aliphatic heterocycles. The molecule has 10 unspecified atom stereocenters. The number of aliphatic hydroxyl groups is 16. The third-order valence-electron chi connectivity index (χ3n) is 19.3. The molecule has 616 valence electrons. The van der Waals surface area contributed by atoms with Crippen LogP contribution in [-0.2, 0) is 80.5 Å². The molecule has 5 fully saturated rings. The van der Waals surface area contributed by atoms with Gasteiger partial charge in [0.05, 0.1) is 91.3 Å². The lowest BCUT2D eigenvalue weighted by Gasteiger charge is -2.46. The highest BCUT2D eigenvalue weighted by Crippen LogP contribution is 2.34. The molecule has 104 heavy (non-hydrogen) atoms. The van der Waals surface area contributed by atoms with Gasteiger partial charge in [0.15, 0.2) is 31.5 Å². The molecule has 5 heterocycles. The van der Waals surface area contributed by atoms with Gasteiger partial charge in [-0.2, -0.15) is 0 Å². The van der Waals surface area contributed by atoms with Gasteiger partial charge in [-0.05, 0) is 44.9 Å². The number of unbranched alkanes of at least 4 members (excludes halogenated alkanes) is 15. The third kappa shape index (κ3) is 31.3. The van der Waals surface area contributed by atoms with Gasteiger partial charge in [-0.15, -0.1) is 0 Å². The molecule has 0 amide bonds. The summed E-state index contributed by atoms with van der Waals surface area (Å²) in [5, 5.41) is 166. The summed E-state index contributed by atoms with van der Waals surface area (Å²) >= 11 is 0. The molecule has 0 saturated carbocycles. The molecule has 33 nitrogen and oxygen atoms in total. The Balaban J connectivity index is 1.52. The molecule has 33 heteroatoms. The van der Waals surface area contributed by atoms with Gasteiger partial charge >= 0.3 is 0 Å². The van der Waals surface area contributed by atoms with Crippen LogP contribution in [-0.4, -0.2) is 367 Å². The Hall–Kier alpha value is -1.32. The van der Waals surface area contributed by atoms with Gasteiger partial charge in [-0.25, -0.2) is 0 Å². The zero-order valence-corrected chi connectivity index (χ0v) is 61.7. The minimum Gasteiger partial charge on any atom is -0.394 e. The predicted molar refractivity (Wildman–Crippen MR) is 367 cm³/mol. The highest BCUT2D eigenvalue weighted by atomic mass is 16.7. The van der Waals surface area contributed by atoms with Crippen molar-refractivity contribution in [2.24, 2.45) is 5.41 Å². The molecule has 5 rings (SSSR count). The van der Waals surface area contributed by atoms with Crippen LogP contribution in [0.15, 0.2) is 0 Å². The second kappa shape index (κ2) is 53.6. The number of hydrogen-bond donors (Lipinski definition) is 16. The van der Waals surface area contributed by atoms with Gasteiger partial charge in [0.2, 0.25) is 0 Å². The molecule has 0 bridgehead atoms. The maximum atomic E-state index is 10.8. The Morgan fingerprint density at radius 1 is 0.231 bits per heavy atom. The lowest BCUT2D eigenvalue weighted by Crippen LogP contribution is -2.62. The molecular weight excluding hydrogens is 1380 g/mol. The summed E-state index contributed by atoms with van der Waals surface area (Å²) in [5.74, 6) is 0. The number of aliphatic hydroxyl groups excluding tert-OH is 16. The van der Waals surface area contributed by atoms with Crippen LogP contribution in [0.2, 0.25) is 0 Å². The van der Waals surface area contributed by atoms with E-state index in [0.717, 1.165) is 116 Å². The van der Waals surface area contributed by atoms with Crippen molar-refractivity contribution in [2.75, 3.05) is 132 Å². The molecule has 0 spiro atoms. The monoisotopic (exact) mass is 1510 g/mol. The van der Waals surface area contributed by atoms with Crippen LogP contribution in [0.25, 0.3) is 0 Å². The summed E-state index contributed by atoms with van der Waals surface area (Å²) in [6.45, 7) is 4.48. The summed E-state index contributed by atoms with van der Waals surface area (Å²) < 4.78 is 107. The first-order chi connectivity index (χ1) is 50.3. The Kier molecular flexibility index (Phi) is 48.1. The highest BCUT2D eigenvalue weighted by Gasteiger charge is 2.52. The topological polar surface area (TPSA) is 481 Å². The summed E-state index contributed by atoms with van der Waals surface area (Å²) in [6.07, 6.45) is -17.4. The molecule has 5 saturated heterocycles. The van der Waals surface area contributed by atoms with E-state index in [0.29, 0.717) is 19.8 Å². The molecule has 0 aromatic heterocycles. The average molecular weight is 1520 g/mol. The van der Waals surface area contributed by atoms with Crippen LogP contribution in [0, 0.1) is 5.41 Å². The Labute approximate surface area is 613 Å². The van der Waals surface area contributed by atoms with Crippen molar-refractivity contribution < 1.29 is 162 Å². The van der Waals surface area contributed by atoms with Crippen molar-refractivity contribution in [2.45, 2.75) is 316 Å². The second-order valence-electron chi connectivity index (χ2n) is 28.1. The van der Waals surface area contributed by atoms with E-state index >= 15 is 0 Å². The number of rotatable bonds is 59. The minimum atomic E-state index is -1.71. The number of hydrogen-bond acceptors (Lipinski definition) is 33. The maximum Gasteiger partial charge on any atom is 0.186 e. The fourth-order valence-corrected chi connectivity index (χ4v) is 12.9. The molecule has 0 aliphatic carbocycles. The first-order valence-electron chi connectivity index (χ1n) is 38.5. The van der Waals surface area contributed by atoms with E-state index in [2.05, 4.69) is 20.8 Å². The standard InChI is InChI=1S/C71H134O33/c1-4-7-10-13-16-19-26-89-42-71(43-90-27-20-17-14-11-8-5-2,44-91-28-21-18-15-12-9-6-3)45-99-70-65(94-32-25-36-98-69-62(87)58(83)54(79)49(40-75)103-69)64(93-31-24-35-97-68-61(86)57(82)53(78)48(39-74)102-68)63(92-30-23-34-96-67-60(85)56(81)52(77)47(38-73)101-67)50(104-70)41-88-29-22-33-95-66-59(84)55(80)51(76)46(37-72)100-66/h46-70,72-87H,4-45H2,1-3H3/t46?,47?,48?,49?,50?,51-,52-,53-,54-,55+,56+,57+,58+,59?,60?,61?,62?,63-,64+,65?,66-,67-,68-,69-,70-/m1/s1. The summed E-state index contributed by atoms with van der Waals surface area (Å²) in [6, 6.07) is 0. The van der Waals surface area contributed by atoms with Crippen LogP contribution in [0.4, 0.5) is 0 Å². The van der Waals surface area contributed by atoms with Gasteiger partial charge < -0.3 is 162 Å². The van der Waals surface area contributed by atoms with Crippen molar-refractivity contribution >= 4 is 0 Å². The SMILES string of the molecule is CCCCCCCCOCC(COCCCCCCCC)(COCCCCCCCC)CO[C@@H]1OC(COCCCO[C@@H]2OC(CO)[C@@H](O)[C@H](O)C2O)[C@@H](OCCCO[C@@H]2OC(CO)[C@@H](O)[C@H](O)C2O)[C@H](OCCCO[C@@H]2OC(CO)[C@@H](O)[C@H](O)C2O)C1OCCCO[C@@H]1OC(CO)[C@@H](O)[C@H](O)C1O. The van der Waals surface area contributed by atoms with E-state index in [1.54, 1.807) is 0 Å². The summed E-state index contributed by atoms with van der Waals surface area (Å²) in [5.41, 5.74) is -0.945. The van der Waals surface area contributed by atoms with Crippen molar-refractivity contribution in [3.63, 3.8) is 0 Å². The van der Waals surface area contributed by atoms with Gasteiger partial charge in [0, 0.05) is 46.2 Å². The fraction of sp³-hybridized carbons (Fsp3) is 1.00. The molecular formula is C71H134O33. The second-order valence-corrected chi connectivity index (χ2v) is 28.1. The summed E-state index contributed by atoms with van der Waals surface area (Å²) in [7, 11) is 0. The quantitative estimate of drug-likeness (QED) is 0.0320. The van der Waals surface area contributed by atoms with E-state index in [9.17, 15) is 81.7 Å². The largest absolute Gasteiger partial charge is 0.394 e. The van der Waals surface area contributed by atoms with Crippen LogP contribution in [0.3, 0.4) is 0 Å². The van der Waals surface area contributed by atoms with Crippen LogP contribution in [0.1, 0.15) is 162 Å². The molecule has 5 aliphatic rings. The maximum absolute atomic E-state index is 10.8. The van der Waals surface area contributed by atoms with E-state index in [1.165, 1.54) is 0 Å². The Morgan fingerprint density at radius 2 is 0.500 bits per heavy atom. The third-order valence-corrected chi connectivity index (χ3v) is 19.3. The van der Waals surface area contributed by atoms with Gasteiger partial charge in [0.1, 0.15) is 122 Å². The first-order valence-corrected chi connectivity index (χ1v) is 38.5. The minimum absolute atomic E-state index is 0.0113. The van der Waals surface area contributed by atoms with Crippen LogP contribution >= 0.6 is 0 Å². The zero-order chi connectivity index (χ0) is 75.7. The molecule has 0 radical (unpaired) electrons. The van der Waals surface area contributed by atoms with E-state index in [-0.39, 0.29) is 112 Å². The fourth-order valence-electron chi connectivity index (χ4n) is 12.9. The lowest BCUT2D eigenvalue weighted by molar-refractivity contribution is -0.332. The predicted octanol–water partition coefficient (Wildman–Crippen LogP) is -1.16. The lowest BCUT2D eigenvalue weighted by atomic mass is 9.91. The van der Waals surface area contributed by atoms with Gasteiger partial charge in [0.25, 0.3) is 0 Å². The van der Waals surface area contributed by atoms with E-state index in [4.69, 9.17) is 80.5 Å². The Bertz CT molecular complexity index is 2030. The van der Waals surface area contributed by atoms with Crippen molar-refractivity contribution in [1.29, 1.82) is 0 Å². The van der Waals surface area contributed by atoms with Crippen molar-refractivity contribution in [1.82, 2.24) is 0 Å². The Morgan fingerprint density at radius 3 is 0.827 bits per heavy atom. The van der Waals surface area contributed by atoms with Crippen molar-refractivity contribution in [3.05, 3.63) is 0 Å². The van der Waals surface area contributed by atoms with E-state index < -0.39 is 185 Å². The highest BCUT2D eigenvalue weighted by molar-refractivity contribution is 4.96. The normalized spacial score (nSPS) is 34.4. The van der Waals surface area contributed by atoms with E-state index in [1.807, 2.05) is 0 Å². The van der Waals surface area contributed by atoms with Crippen LogP contribution in [0.5, 0.6) is 0 Å². The van der Waals surface area contributed by atoms with Crippen molar-refractivity contribution in [3.8, 4) is 0 Å². The molecule has 0 aromatic rings. The molecule has 16 N–H and O–H groups in total.